The van der Waals surface area contributed by atoms with E-state index in [1.54, 1.807) is 25.6 Å². The van der Waals surface area contributed by atoms with Gasteiger partial charge in [-0.05, 0) is 17.7 Å². The third kappa shape index (κ3) is 3.36. The molecule has 0 radical (unpaired) electrons. The monoisotopic (exact) mass is 249 g/mol. The maximum Gasteiger partial charge on any atom is 0.139 e. The first-order valence-corrected chi connectivity index (χ1v) is 5.52. The quantitative estimate of drug-likeness (QED) is 0.833. The fraction of sp³-hybridized carbons (Fsp3) is 0.154. The molecule has 17 heavy (non-hydrogen) atoms. The molecule has 0 amide bonds. The van der Waals surface area contributed by atoms with Gasteiger partial charge in [-0.1, -0.05) is 23.7 Å². The lowest BCUT2D eigenvalue weighted by Gasteiger charge is -2.06. The first-order chi connectivity index (χ1) is 8.28. The Bertz CT molecular complexity index is 485. The van der Waals surface area contributed by atoms with E-state index in [0.29, 0.717) is 17.4 Å². The van der Waals surface area contributed by atoms with Gasteiger partial charge >= 0.3 is 0 Å². The Morgan fingerprint density at radius 3 is 2.53 bits per heavy atom. The molecule has 0 fully saturated rings. The number of nitrogens with zero attached hydrogens (tertiary/aromatic N) is 1. The molecular formula is C13H12ClNO2. The first kappa shape index (κ1) is 11.7. The third-order valence-corrected chi connectivity index (χ3v) is 2.45. The second kappa shape index (κ2) is 5.55. The summed E-state index contributed by atoms with van der Waals surface area (Å²) in [6.07, 6.45) is 3.21. The van der Waals surface area contributed by atoms with E-state index in [1.807, 2.05) is 24.3 Å². The molecule has 1 heterocycles. The highest BCUT2D eigenvalue weighted by molar-refractivity contribution is 6.30. The standard InChI is InChI=1S/C13H12ClNO2/c1-16-12-4-2-10(3-5-12)9-17-13-6-11(14)7-15-8-13/h2-8H,9H2,1H3. The molecule has 3 nitrogen and oxygen atoms in total. The van der Waals surface area contributed by atoms with Gasteiger partial charge in [-0.25, -0.2) is 0 Å². The number of benzene rings is 1. The Kier molecular flexibility index (Phi) is 3.83. The molecule has 4 heteroatoms. The van der Waals surface area contributed by atoms with E-state index in [4.69, 9.17) is 21.1 Å². The number of hydrogen-bond acceptors (Lipinski definition) is 3. The Hall–Kier alpha value is -1.74. The Morgan fingerprint density at radius 2 is 1.88 bits per heavy atom. The second-order valence-electron chi connectivity index (χ2n) is 3.48. The van der Waals surface area contributed by atoms with Crippen molar-refractivity contribution in [1.29, 1.82) is 0 Å². The van der Waals surface area contributed by atoms with Crippen molar-refractivity contribution in [3.05, 3.63) is 53.3 Å². The van der Waals surface area contributed by atoms with Crippen molar-refractivity contribution in [3.8, 4) is 11.5 Å². The van der Waals surface area contributed by atoms with Crippen LogP contribution in [-0.4, -0.2) is 12.1 Å². The molecule has 0 aliphatic rings. The normalized spacial score (nSPS) is 10.0. The van der Waals surface area contributed by atoms with Gasteiger partial charge in [0.25, 0.3) is 0 Å². The zero-order valence-corrected chi connectivity index (χ0v) is 10.1. The van der Waals surface area contributed by atoms with Crippen LogP contribution in [0, 0.1) is 0 Å². The van der Waals surface area contributed by atoms with Crippen LogP contribution in [0.3, 0.4) is 0 Å². The van der Waals surface area contributed by atoms with Crippen molar-refractivity contribution in [3.63, 3.8) is 0 Å². The van der Waals surface area contributed by atoms with Crippen LogP contribution in [0.1, 0.15) is 5.56 Å². The predicted molar refractivity (Wildman–Crippen MR) is 66.6 cm³/mol. The highest BCUT2D eigenvalue weighted by Crippen LogP contribution is 2.17. The fourth-order valence-electron chi connectivity index (χ4n) is 1.36. The van der Waals surface area contributed by atoms with Gasteiger partial charge in [-0.3, -0.25) is 4.98 Å². The van der Waals surface area contributed by atoms with Crippen LogP contribution in [0.5, 0.6) is 11.5 Å². The minimum absolute atomic E-state index is 0.478. The molecular weight excluding hydrogens is 238 g/mol. The molecule has 0 N–H and O–H groups in total. The van der Waals surface area contributed by atoms with Gasteiger partial charge in [-0.2, -0.15) is 0 Å². The molecule has 0 atom stereocenters. The topological polar surface area (TPSA) is 31.4 Å². The van der Waals surface area contributed by atoms with Crippen molar-refractivity contribution in [1.82, 2.24) is 4.98 Å². The first-order valence-electron chi connectivity index (χ1n) is 5.14. The Morgan fingerprint density at radius 1 is 1.12 bits per heavy atom. The van der Waals surface area contributed by atoms with Gasteiger partial charge in [0.05, 0.1) is 18.3 Å². The summed E-state index contributed by atoms with van der Waals surface area (Å²) in [6.45, 7) is 0.478. The molecule has 0 aliphatic carbocycles. The molecule has 0 bridgehead atoms. The molecule has 0 unspecified atom stereocenters. The predicted octanol–water partition coefficient (Wildman–Crippen LogP) is 3.32. The van der Waals surface area contributed by atoms with Crippen LogP contribution in [-0.2, 0) is 6.61 Å². The molecule has 0 saturated heterocycles. The molecule has 0 saturated carbocycles. The minimum atomic E-state index is 0.478. The number of methoxy groups -OCH3 is 1. The van der Waals surface area contributed by atoms with Gasteiger partial charge in [0, 0.05) is 12.3 Å². The van der Waals surface area contributed by atoms with E-state index in [1.165, 1.54) is 0 Å². The van der Waals surface area contributed by atoms with Crippen LogP contribution >= 0.6 is 11.6 Å². The lowest BCUT2D eigenvalue weighted by molar-refractivity contribution is 0.305. The lowest BCUT2D eigenvalue weighted by Crippen LogP contribution is -1.95. The summed E-state index contributed by atoms with van der Waals surface area (Å²) in [7, 11) is 1.64. The van der Waals surface area contributed by atoms with Gasteiger partial charge in [0.1, 0.15) is 18.1 Å². The molecule has 88 valence electrons. The van der Waals surface area contributed by atoms with Crippen molar-refractivity contribution in [2.45, 2.75) is 6.61 Å². The zero-order valence-electron chi connectivity index (χ0n) is 9.39. The van der Waals surface area contributed by atoms with E-state index >= 15 is 0 Å². The van der Waals surface area contributed by atoms with E-state index in [2.05, 4.69) is 4.98 Å². The van der Waals surface area contributed by atoms with Crippen LogP contribution in [0.15, 0.2) is 42.7 Å². The van der Waals surface area contributed by atoms with E-state index < -0.39 is 0 Å². The summed E-state index contributed by atoms with van der Waals surface area (Å²) in [6, 6.07) is 9.44. The van der Waals surface area contributed by atoms with Crippen LogP contribution in [0.4, 0.5) is 0 Å². The maximum absolute atomic E-state index is 5.81. The molecule has 0 spiro atoms. The van der Waals surface area contributed by atoms with Crippen molar-refractivity contribution < 1.29 is 9.47 Å². The fourth-order valence-corrected chi connectivity index (χ4v) is 1.52. The number of halogens is 1. The molecule has 1 aromatic carbocycles. The van der Waals surface area contributed by atoms with E-state index in [-0.39, 0.29) is 0 Å². The number of ether oxygens (including phenoxy) is 2. The largest absolute Gasteiger partial charge is 0.497 e. The zero-order chi connectivity index (χ0) is 12.1. The molecule has 2 aromatic rings. The van der Waals surface area contributed by atoms with Crippen LogP contribution < -0.4 is 9.47 Å². The summed E-state index contributed by atoms with van der Waals surface area (Å²) in [4.78, 5) is 3.95. The number of rotatable bonds is 4. The molecule has 2 rings (SSSR count). The summed E-state index contributed by atoms with van der Waals surface area (Å²) < 4.78 is 10.6. The number of pyridine rings is 1. The summed E-state index contributed by atoms with van der Waals surface area (Å²) in [5, 5.41) is 0.567. The smallest absolute Gasteiger partial charge is 0.139 e. The van der Waals surface area contributed by atoms with Crippen molar-refractivity contribution in [2.24, 2.45) is 0 Å². The third-order valence-electron chi connectivity index (χ3n) is 2.24. The van der Waals surface area contributed by atoms with Crippen LogP contribution in [0.2, 0.25) is 5.02 Å². The SMILES string of the molecule is COc1ccc(COc2cncc(Cl)c2)cc1. The van der Waals surface area contributed by atoms with Gasteiger partial charge in [-0.15, -0.1) is 0 Å². The van der Waals surface area contributed by atoms with Crippen molar-refractivity contribution >= 4 is 11.6 Å². The average Bonchev–Trinajstić information content (AvgIpc) is 2.37. The average molecular weight is 250 g/mol. The lowest BCUT2D eigenvalue weighted by atomic mass is 10.2. The molecule has 0 aliphatic heterocycles. The Labute approximate surface area is 105 Å². The second-order valence-corrected chi connectivity index (χ2v) is 3.91. The number of hydrogen-bond donors (Lipinski definition) is 0. The van der Waals surface area contributed by atoms with E-state index in [9.17, 15) is 0 Å². The van der Waals surface area contributed by atoms with Crippen LogP contribution in [0.25, 0.3) is 0 Å². The van der Waals surface area contributed by atoms with Crippen molar-refractivity contribution in [2.75, 3.05) is 7.11 Å². The van der Waals surface area contributed by atoms with Gasteiger partial charge in [0.2, 0.25) is 0 Å². The minimum Gasteiger partial charge on any atom is -0.497 e. The summed E-state index contributed by atoms with van der Waals surface area (Å²) in [5.41, 5.74) is 1.06. The maximum atomic E-state index is 5.81. The molecule has 1 aromatic heterocycles. The Balaban J connectivity index is 1.97. The van der Waals surface area contributed by atoms with Gasteiger partial charge in [0.15, 0.2) is 0 Å². The van der Waals surface area contributed by atoms with E-state index in [0.717, 1.165) is 11.3 Å². The highest BCUT2D eigenvalue weighted by Gasteiger charge is 1.98. The highest BCUT2D eigenvalue weighted by atomic mass is 35.5. The summed E-state index contributed by atoms with van der Waals surface area (Å²) >= 11 is 5.81. The summed E-state index contributed by atoms with van der Waals surface area (Å²) in [5.74, 6) is 1.49. The number of aromatic nitrogens is 1. The van der Waals surface area contributed by atoms with Gasteiger partial charge < -0.3 is 9.47 Å².